The lowest BCUT2D eigenvalue weighted by Crippen LogP contribution is -2.31. The number of unbranched alkanes of at least 4 members (excludes halogenated alkanes) is 3. The Kier molecular flexibility index (Phi) is 9.03. The molecule has 0 saturated heterocycles. The molecule has 0 amide bonds. The van der Waals surface area contributed by atoms with E-state index < -0.39 is 0 Å². The Morgan fingerprint density at radius 3 is 1.77 bits per heavy atom. The highest BCUT2D eigenvalue weighted by molar-refractivity contribution is 6.16. The lowest BCUT2D eigenvalue weighted by atomic mass is 10.0. The summed E-state index contributed by atoms with van der Waals surface area (Å²) in [6.07, 6.45) is 9.64. The van der Waals surface area contributed by atoms with E-state index in [0.717, 1.165) is 46.2 Å². The number of nitrogens with zero attached hydrogens (tertiary/aromatic N) is 2. The average Bonchev–Trinajstić information content (AvgIpc) is 3.09. The van der Waals surface area contributed by atoms with Crippen LogP contribution in [0.2, 0.25) is 0 Å². The van der Waals surface area contributed by atoms with Crippen LogP contribution >= 0.6 is 0 Å². The van der Waals surface area contributed by atoms with Crippen LogP contribution in [0.3, 0.4) is 0 Å². The Morgan fingerprint density at radius 2 is 1.18 bits per heavy atom. The van der Waals surface area contributed by atoms with Crippen molar-refractivity contribution in [2.75, 3.05) is 6.61 Å². The van der Waals surface area contributed by atoms with Gasteiger partial charge < -0.3 is 10.1 Å². The number of ketones is 1. The zero-order valence-electron chi connectivity index (χ0n) is 24.9. The fourth-order valence-electron chi connectivity index (χ4n) is 5.20. The van der Waals surface area contributed by atoms with E-state index >= 15 is 0 Å². The van der Waals surface area contributed by atoms with Crippen LogP contribution in [0.5, 0.6) is 0 Å². The van der Waals surface area contributed by atoms with E-state index in [2.05, 4.69) is 60.8 Å². The summed E-state index contributed by atoms with van der Waals surface area (Å²) in [5.41, 5.74) is 6.75. The van der Waals surface area contributed by atoms with Crippen LogP contribution in [0, 0.1) is 0 Å². The smallest absolute Gasteiger partial charge is 0.193 e. The van der Waals surface area contributed by atoms with Gasteiger partial charge in [0, 0.05) is 17.2 Å². The molecule has 4 aromatic rings. The normalized spacial score (nSPS) is 16.1. The van der Waals surface area contributed by atoms with E-state index in [1.54, 1.807) is 12.2 Å². The van der Waals surface area contributed by atoms with Gasteiger partial charge in [-0.2, -0.15) is 0 Å². The molecule has 2 aliphatic rings. The fraction of sp³-hybridized carbons (Fsp3) is 0.154. The number of carbonyl (C=O) groups is 1. The number of ether oxygens (including phenoxy) is 1. The molecule has 1 N–H and O–H groups in total. The summed E-state index contributed by atoms with van der Waals surface area (Å²) in [5.74, 6) is 2.06. The third-order valence-corrected chi connectivity index (χ3v) is 7.66. The zero-order valence-corrected chi connectivity index (χ0v) is 24.9. The summed E-state index contributed by atoms with van der Waals surface area (Å²) in [7, 11) is 0. The number of hydrogen-bond donors (Lipinski definition) is 1. The summed E-state index contributed by atoms with van der Waals surface area (Å²) in [5, 5.41) is 3.35. The van der Waals surface area contributed by atoms with Gasteiger partial charge in [0.1, 0.15) is 17.4 Å². The number of nitrogens with one attached hydrogen (secondary N) is 1. The molecule has 0 radical (unpaired) electrons. The van der Waals surface area contributed by atoms with E-state index in [0.29, 0.717) is 35.4 Å². The highest BCUT2D eigenvalue weighted by Gasteiger charge is 2.22. The number of amidine groups is 2. The minimum atomic E-state index is -0.151. The number of allylic oxidation sites excluding steroid dienone is 4. The average molecular weight is 578 g/mol. The van der Waals surface area contributed by atoms with Crippen molar-refractivity contribution in [2.45, 2.75) is 32.6 Å². The second-order valence-corrected chi connectivity index (χ2v) is 10.8. The third kappa shape index (κ3) is 6.84. The predicted octanol–water partition coefficient (Wildman–Crippen LogP) is 8.65. The number of benzene rings is 4. The van der Waals surface area contributed by atoms with Crippen LogP contribution in [0.1, 0.15) is 43.7 Å². The lowest BCUT2D eigenvalue weighted by Gasteiger charge is -2.20. The molecule has 1 aliphatic heterocycles. The quantitative estimate of drug-likeness (QED) is 0.152. The monoisotopic (exact) mass is 577 g/mol. The number of aliphatic imine (C=N–C) groups is 2. The highest BCUT2D eigenvalue weighted by atomic mass is 16.5. The highest BCUT2D eigenvalue weighted by Crippen LogP contribution is 2.25. The summed E-state index contributed by atoms with van der Waals surface area (Å²) in [4.78, 5) is 23.1. The van der Waals surface area contributed by atoms with Gasteiger partial charge in [-0.05, 0) is 40.8 Å². The Hall–Kier alpha value is -5.29. The molecule has 44 heavy (non-hydrogen) atoms. The van der Waals surface area contributed by atoms with Gasteiger partial charge in [-0.1, -0.05) is 135 Å². The maximum atomic E-state index is 13.3. The Balaban J connectivity index is 1.31. The Labute approximate surface area is 259 Å². The Bertz CT molecular complexity index is 1760. The van der Waals surface area contributed by atoms with Gasteiger partial charge in [-0.25, -0.2) is 9.98 Å². The molecule has 0 saturated carbocycles. The summed E-state index contributed by atoms with van der Waals surface area (Å²) in [6, 6.07) is 37.0. The maximum Gasteiger partial charge on any atom is 0.193 e. The summed E-state index contributed by atoms with van der Waals surface area (Å²) >= 11 is 0. The van der Waals surface area contributed by atoms with Crippen LogP contribution in [0.4, 0.5) is 0 Å². The first-order valence-electron chi connectivity index (χ1n) is 15.3. The molecule has 5 nitrogen and oxygen atoms in total. The molecule has 4 aromatic carbocycles. The van der Waals surface area contributed by atoms with Crippen molar-refractivity contribution in [3.63, 3.8) is 0 Å². The first-order valence-corrected chi connectivity index (χ1v) is 15.3. The van der Waals surface area contributed by atoms with Crippen LogP contribution in [0.25, 0.3) is 22.3 Å². The standard InChI is InChI=1S/C39H35N3O2/c1-2-3-4-11-26-44-34-24-25-35(36(43)27-34)39-41-37(32-20-16-30(17-21-32)28-12-7-5-8-13-28)40-38(42-39)33-22-18-31(19-23-33)29-14-9-6-10-15-29/h5-10,12-25,27H,2-4,11,26H2,1H3,(H,40,41,42). The molecule has 218 valence electrons. The van der Waals surface area contributed by atoms with Gasteiger partial charge in [0.15, 0.2) is 11.6 Å². The van der Waals surface area contributed by atoms with Crippen LogP contribution in [-0.2, 0) is 9.53 Å². The van der Waals surface area contributed by atoms with Gasteiger partial charge in [-0.3, -0.25) is 4.79 Å². The van der Waals surface area contributed by atoms with Gasteiger partial charge in [0.25, 0.3) is 0 Å². The van der Waals surface area contributed by atoms with Crippen molar-refractivity contribution in [3.05, 3.63) is 156 Å². The van der Waals surface area contributed by atoms with Crippen molar-refractivity contribution in [2.24, 2.45) is 9.98 Å². The molecule has 6 rings (SSSR count). The predicted molar refractivity (Wildman–Crippen MR) is 179 cm³/mol. The minimum Gasteiger partial charge on any atom is -0.493 e. The van der Waals surface area contributed by atoms with Crippen molar-refractivity contribution < 1.29 is 9.53 Å². The molecule has 5 heteroatoms. The minimum absolute atomic E-state index is 0.151. The molecule has 0 spiro atoms. The number of carbonyl (C=O) groups excluding carboxylic acids is 1. The van der Waals surface area contributed by atoms with E-state index in [1.807, 2.05) is 66.7 Å². The third-order valence-electron chi connectivity index (χ3n) is 7.66. The van der Waals surface area contributed by atoms with Crippen LogP contribution in [-0.4, -0.2) is 24.1 Å². The van der Waals surface area contributed by atoms with E-state index in [1.165, 1.54) is 12.8 Å². The Morgan fingerprint density at radius 1 is 0.614 bits per heavy atom. The summed E-state index contributed by atoms with van der Waals surface area (Å²) < 4.78 is 5.86. The lowest BCUT2D eigenvalue weighted by molar-refractivity contribution is -0.111. The van der Waals surface area contributed by atoms with E-state index in [4.69, 9.17) is 14.7 Å². The van der Waals surface area contributed by atoms with Gasteiger partial charge in [0.2, 0.25) is 0 Å². The largest absolute Gasteiger partial charge is 0.493 e. The molecule has 0 bridgehead atoms. The molecule has 0 unspecified atom stereocenters. The second-order valence-electron chi connectivity index (χ2n) is 10.8. The van der Waals surface area contributed by atoms with Gasteiger partial charge in [-0.15, -0.1) is 0 Å². The second kappa shape index (κ2) is 13.8. The molecule has 1 aliphatic carbocycles. The van der Waals surface area contributed by atoms with Crippen LogP contribution < -0.4 is 5.32 Å². The SMILES string of the molecule is CCCCCCOC1=CC(=O)C(=C2N=C(c3ccc(-c4ccccc4)cc3)N=C(c3ccc(-c4ccccc4)cc3)N2)C=C1. The molecular weight excluding hydrogens is 542 g/mol. The van der Waals surface area contributed by atoms with Gasteiger partial charge in [0.05, 0.1) is 12.2 Å². The molecule has 0 fully saturated rings. The fourth-order valence-corrected chi connectivity index (χ4v) is 5.20. The topological polar surface area (TPSA) is 63.0 Å². The zero-order chi connectivity index (χ0) is 30.1. The number of rotatable bonds is 10. The van der Waals surface area contributed by atoms with Crippen molar-refractivity contribution >= 4 is 17.5 Å². The van der Waals surface area contributed by atoms with E-state index in [-0.39, 0.29) is 5.78 Å². The van der Waals surface area contributed by atoms with Crippen molar-refractivity contribution in [1.29, 1.82) is 0 Å². The van der Waals surface area contributed by atoms with Gasteiger partial charge >= 0.3 is 0 Å². The maximum absolute atomic E-state index is 13.3. The first-order chi connectivity index (χ1) is 21.7. The molecule has 0 aromatic heterocycles. The van der Waals surface area contributed by atoms with E-state index in [9.17, 15) is 4.79 Å². The van der Waals surface area contributed by atoms with Crippen molar-refractivity contribution in [3.8, 4) is 22.3 Å². The molecule has 0 atom stereocenters. The number of hydrogen-bond acceptors (Lipinski definition) is 5. The first kappa shape index (κ1) is 28.8. The molecule has 1 heterocycles. The summed E-state index contributed by atoms with van der Waals surface area (Å²) in [6.45, 7) is 2.79. The van der Waals surface area contributed by atoms with Crippen molar-refractivity contribution in [1.82, 2.24) is 5.32 Å². The van der Waals surface area contributed by atoms with Crippen LogP contribution in [0.15, 0.2) is 155 Å². The molecular formula is C39H35N3O2.